The lowest BCUT2D eigenvalue weighted by molar-refractivity contribution is -0.385. The van der Waals surface area contributed by atoms with Gasteiger partial charge in [-0.1, -0.05) is 18.2 Å². The maximum atomic E-state index is 11.9. The number of halogens is 1. The summed E-state index contributed by atoms with van der Waals surface area (Å²) in [5, 5.41) is 13.7. The average molecular weight is 360 g/mol. The number of nitro benzene ring substituents is 1. The number of benzene rings is 1. The highest BCUT2D eigenvalue weighted by Crippen LogP contribution is 2.27. The third kappa shape index (κ3) is 6.51. The van der Waals surface area contributed by atoms with Gasteiger partial charge in [-0.15, -0.1) is 12.4 Å². The van der Waals surface area contributed by atoms with Gasteiger partial charge in [-0.05, 0) is 20.8 Å². The van der Waals surface area contributed by atoms with Gasteiger partial charge in [-0.2, -0.15) is 0 Å². The molecule has 2 atom stereocenters. The van der Waals surface area contributed by atoms with Crippen molar-refractivity contribution in [3.63, 3.8) is 0 Å². The average Bonchev–Trinajstić information content (AvgIpc) is 2.45. The van der Waals surface area contributed by atoms with Gasteiger partial charge in [0, 0.05) is 6.07 Å². The molecular weight excluding hydrogens is 338 g/mol. The molecule has 0 aliphatic heterocycles. The van der Waals surface area contributed by atoms with Crippen LogP contribution in [0.5, 0.6) is 0 Å². The van der Waals surface area contributed by atoms with E-state index in [1.807, 2.05) is 0 Å². The molecule has 1 rings (SSSR count). The van der Waals surface area contributed by atoms with Crippen LogP contribution >= 0.6 is 12.4 Å². The molecule has 0 aromatic heterocycles. The first-order valence-corrected chi connectivity index (χ1v) is 7.21. The highest BCUT2D eigenvalue weighted by molar-refractivity contribution is 5.85. The Hall–Kier alpha value is -2.19. The lowest BCUT2D eigenvalue weighted by atomic mass is 10.0. The summed E-state index contributed by atoms with van der Waals surface area (Å²) in [5.41, 5.74) is 5.56. The Bertz CT molecular complexity index is 592. The highest BCUT2D eigenvalue weighted by atomic mass is 35.5. The Labute approximate surface area is 146 Å². The standard InChI is InChI=1S/C15H21N3O5.ClH/c1-9(2)23-14(19)8-12(17-15(20)10(3)16)11-6-4-5-7-13(11)18(21)22;/h4-7,9-10,12H,8,16H2,1-3H3,(H,17,20);1H/t10-,12?;/m0./s1. The summed E-state index contributed by atoms with van der Waals surface area (Å²) in [6.07, 6.45) is -0.542. The predicted octanol–water partition coefficient (Wildman–Crippen LogP) is 1.86. The quantitative estimate of drug-likeness (QED) is 0.435. The number of amides is 1. The normalized spacial score (nSPS) is 12.7. The van der Waals surface area contributed by atoms with Crippen molar-refractivity contribution in [3.8, 4) is 0 Å². The lowest BCUT2D eigenvalue weighted by Gasteiger charge is -2.20. The summed E-state index contributed by atoms with van der Waals surface area (Å²) in [6, 6.07) is 4.23. The van der Waals surface area contributed by atoms with Crippen LogP contribution in [0.3, 0.4) is 0 Å². The Morgan fingerprint density at radius 3 is 2.38 bits per heavy atom. The predicted molar refractivity (Wildman–Crippen MR) is 90.7 cm³/mol. The summed E-state index contributed by atoms with van der Waals surface area (Å²) < 4.78 is 5.05. The molecule has 1 unspecified atom stereocenters. The fourth-order valence-electron chi connectivity index (χ4n) is 1.97. The van der Waals surface area contributed by atoms with Gasteiger partial charge >= 0.3 is 5.97 Å². The maximum absolute atomic E-state index is 11.9. The van der Waals surface area contributed by atoms with Crippen molar-refractivity contribution in [2.75, 3.05) is 0 Å². The van der Waals surface area contributed by atoms with E-state index in [1.165, 1.54) is 25.1 Å². The Morgan fingerprint density at radius 1 is 1.29 bits per heavy atom. The first-order valence-electron chi connectivity index (χ1n) is 7.21. The minimum Gasteiger partial charge on any atom is -0.463 e. The third-order valence-corrected chi connectivity index (χ3v) is 2.98. The number of hydrogen-bond donors (Lipinski definition) is 2. The van der Waals surface area contributed by atoms with Crippen molar-refractivity contribution in [1.29, 1.82) is 0 Å². The van der Waals surface area contributed by atoms with Crippen molar-refractivity contribution in [2.45, 2.75) is 45.4 Å². The molecule has 0 fully saturated rings. The molecule has 134 valence electrons. The zero-order valence-corrected chi connectivity index (χ0v) is 14.5. The number of nitrogens with zero attached hydrogens (tertiary/aromatic N) is 1. The summed E-state index contributed by atoms with van der Waals surface area (Å²) >= 11 is 0. The van der Waals surface area contributed by atoms with Gasteiger partial charge in [0.15, 0.2) is 0 Å². The molecule has 0 saturated carbocycles. The second-order valence-corrected chi connectivity index (χ2v) is 5.41. The van der Waals surface area contributed by atoms with Gasteiger partial charge in [0.2, 0.25) is 5.91 Å². The molecule has 0 aliphatic rings. The molecule has 0 bridgehead atoms. The van der Waals surface area contributed by atoms with Crippen LogP contribution in [0.1, 0.15) is 38.8 Å². The number of carbonyl (C=O) groups excluding carboxylic acids is 2. The van der Waals surface area contributed by atoms with E-state index in [4.69, 9.17) is 10.5 Å². The molecule has 1 aromatic rings. The van der Waals surface area contributed by atoms with Crippen LogP contribution in [0.2, 0.25) is 0 Å². The second kappa shape index (κ2) is 9.84. The van der Waals surface area contributed by atoms with Crippen molar-refractivity contribution >= 4 is 30.0 Å². The van der Waals surface area contributed by atoms with Gasteiger partial charge in [-0.25, -0.2) is 0 Å². The fourth-order valence-corrected chi connectivity index (χ4v) is 1.97. The summed E-state index contributed by atoms with van der Waals surface area (Å²) in [7, 11) is 0. The van der Waals surface area contributed by atoms with Gasteiger partial charge in [0.1, 0.15) is 0 Å². The van der Waals surface area contributed by atoms with E-state index in [9.17, 15) is 19.7 Å². The van der Waals surface area contributed by atoms with Gasteiger partial charge in [0.25, 0.3) is 5.69 Å². The number of nitro groups is 1. The SMILES string of the molecule is CC(C)OC(=O)CC(NC(=O)[C@H](C)N)c1ccccc1[N+](=O)[O-].Cl. The van der Waals surface area contributed by atoms with Crippen molar-refractivity contribution in [1.82, 2.24) is 5.32 Å². The monoisotopic (exact) mass is 359 g/mol. The molecule has 3 N–H and O–H groups in total. The van der Waals surface area contributed by atoms with E-state index >= 15 is 0 Å². The van der Waals surface area contributed by atoms with E-state index in [1.54, 1.807) is 19.9 Å². The Morgan fingerprint density at radius 2 is 1.88 bits per heavy atom. The number of para-hydroxylation sites is 1. The molecule has 9 heteroatoms. The molecule has 1 amide bonds. The smallest absolute Gasteiger partial charge is 0.308 e. The summed E-state index contributed by atoms with van der Waals surface area (Å²) in [5.74, 6) is -1.07. The molecule has 24 heavy (non-hydrogen) atoms. The number of nitrogens with two attached hydrogens (primary N) is 1. The van der Waals surface area contributed by atoms with Crippen LogP contribution < -0.4 is 11.1 Å². The van der Waals surface area contributed by atoms with Gasteiger partial charge in [-0.3, -0.25) is 19.7 Å². The summed E-state index contributed by atoms with van der Waals surface area (Å²) in [6.45, 7) is 4.87. The molecule has 8 nitrogen and oxygen atoms in total. The van der Waals surface area contributed by atoms with E-state index < -0.39 is 28.9 Å². The number of rotatable bonds is 7. The van der Waals surface area contributed by atoms with Crippen LogP contribution in [0.15, 0.2) is 24.3 Å². The number of carbonyl (C=O) groups is 2. The Balaban J connectivity index is 0.00000529. The largest absolute Gasteiger partial charge is 0.463 e. The number of nitrogens with one attached hydrogen (secondary N) is 1. The fraction of sp³-hybridized carbons (Fsp3) is 0.467. The van der Waals surface area contributed by atoms with Gasteiger partial charge < -0.3 is 15.8 Å². The second-order valence-electron chi connectivity index (χ2n) is 5.41. The first kappa shape index (κ1) is 21.8. The molecule has 0 saturated heterocycles. The van der Waals surface area contributed by atoms with Gasteiger partial charge in [0.05, 0.1) is 35.1 Å². The molecule has 1 aromatic carbocycles. The van der Waals surface area contributed by atoms with Crippen LogP contribution in [0.4, 0.5) is 5.69 Å². The maximum Gasteiger partial charge on any atom is 0.308 e. The summed E-state index contributed by atoms with van der Waals surface area (Å²) in [4.78, 5) is 34.3. The number of ether oxygens (including phenoxy) is 1. The molecular formula is C15H22ClN3O5. The van der Waals surface area contributed by atoms with Crippen LogP contribution in [-0.4, -0.2) is 28.9 Å². The van der Waals surface area contributed by atoms with E-state index in [2.05, 4.69) is 5.32 Å². The third-order valence-electron chi connectivity index (χ3n) is 2.98. The van der Waals surface area contributed by atoms with Crippen molar-refractivity contribution in [2.24, 2.45) is 5.73 Å². The number of hydrogen-bond acceptors (Lipinski definition) is 6. The van der Waals surface area contributed by atoms with Crippen LogP contribution in [0.25, 0.3) is 0 Å². The van der Waals surface area contributed by atoms with Crippen molar-refractivity contribution < 1.29 is 19.2 Å². The van der Waals surface area contributed by atoms with E-state index in [0.717, 1.165) is 0 Å². The van der Waals surface area contributed by atoms with E-state index in [-0.39, 0.29) is 36.2 Å². The zero-order chi connectivity index (χ0) is 17.6. The molecule has 0 heterocycles. The topological polar surface area (TPSA) is 125 Å². The molecule has 0 radical (unpaired) electrons. The first-order chi connectivity index (χ1) is 10.7. The minimum atomic E-state index is -0.888. The minimum absolute atomic E-state index is 0. The van der Waals surface area contributed by atoms with Crippen LogP contribution in [-0.2, 0) is 14.3 Å². The zero-order valence-electron chi connectivity index (χ0n) is 13.7. The number of esters is 1. The molecule has 0 aliphatic carbocycles. The molecule has 0 spiro atoms. The van der Waals surface area contributed by atoms with E-state index in [0.29, 0.717) is 0 Å². The Kier molecular flexibility index (Phi) is 8.94. The lowest BCUT2D eigenvalue weighted by Crippen LogP contribution is -2.41. The highest BCUT2D eigenvalue weighted by Gasteiger charge is 2.27. The van der Waals surface area contributed by atoms with Crippen molar-refractivity contribution in [3.05, 3.63) is 39.9 Å². The van der Waals surface area contributed by atoms with Crippen LogP contribution in [0, 0.1) is 10.1 Å².